The lowest BCUT2D eigenvalue weighted by molar-refractivity contribution is -0.468. The van der Waals surface area contributed by atoms with E-state index in [-0.39, 0.29) is 23.0 Å². The Morgan fingerprint density at radius 2 is 2.00 bits per heavy atom. The SMILES string of the molecule is CCO[C@@H]1C[C@H]2[C@](C)(C(=O)O)CCC[C@]2(C)[C@]23CC[C@](C(C)C)(C=C12)OO3. The predicted octanol–water partition coefficient (Wildman–Crippen LogP) is 4.51. The predicted molar refractivity (Wildman–Crippen MR) is 101 cm³/mol. The fourth-order valence-electron chi connectivity index (χ4n) is 6.72. The van der Waals surface area contributed by atoms with Gasteiger partial charge in [0.25, 0.3) is 0 Å². The van der Waals surface area contributed by atoms with Crippen LogP contribution in [0.25, 0.3) is 0 Å². The van der Waals surface area contributed by atoms with Crippen molar-refractivity contribution in [3.05, 3.63) is 11.6 Å². The molecular formula is C22H34O5. The Bertz CT molecular complexity index is 660. The highest BCUT2D eigenvalue weighted by atomic mass is 17.2. The molecule has 0 amide bonds. The average Bonchev–Trinajstić information content (AvgIpc) is 2.64. The number of ether oxygens (including phenoxy) is 1. The minimum atomic E-state index is -0.754. The zero-order valence-corrected chi connectivity index (χ0v) is 17.3. The van der Waals surface area contributed by atoms with Crippen LogP contribution in [0.5, 0.6) is 0 Å². The standard InChI is InChI=1S/C22H34O5/c1-6-25-16-12-17-19(4,18(23)24)8-7-9-20(17,5)22-11-10-21(14(2)3,26-27-22)13-15(16)22/h13-14,16-17H,6-12H2,1-5H3,(H,23,24)/t16-,17+,19-,20+,21-,22+/m1/s1. The summed E-state index contributed by atoms with van der Waals surface area (Å²) in [7, 11) is 0. The van der Waals surface area contributed by atoms with Gasteiger partial charge < -0.3 is 9.84 Å². The highest BCUT2D eigenvalue weighted by Crippen LogP contribution is 2.69. The molecule has 0 radical (unpaired) electrons. The zero-order valence-electron chi connectivity index (χ0n) is 17.3. The third kappa shape index (κ3) is 2.31. The smallest absolute Gasteiger partial charge is 0.309 e. The van der Waals surface area contributed by atoms with Crippen LogP contribution in [-0.4, -0.2) is 35.0 Å². The van der Waals surface area contributed by atoms with Crippen molar-refractivity contribution in [1.29, 1.82) is 0 Å². The van der Waals surface area contributed by atoms with Gasteiger partial charge in [0.1, 0.15) is 11.2 Å². The second kappa shape index (κ2) is 6.04. The minimum Gasteiger partial charge on any atom is -0.481 e. The van der Waals surface area contributed by atoms with Crippen molar-refractivity contribution >= 4 is 5.97 Å². The number of carbonyl (C=O) groups is 1. The van der Waals surface area contributed by atoms with E-state index in [0.717, 1.165) is 32.1 Å². The summed E-state index contributed by atoms with van der Waals surface area (Å²) < 4.78 is 6.19. The fraction of sp³-hybridized carbons (Fsp3) is 0.864. The molecule has 5 aliphatic rings. The van der Waals surface area contributed by atoms with E-state index in [2.05, 4.69) is 26.8 Å². The van der Waals surface area contributed by atoms with Gasteiger partial charge in [-0.05, 0) is 69.4 Å². The lowest BCUT2D eigenvalue weighted by Crippen LogP contribution is -2.70. The van der Waals surface area contributed by atoms with Crippen molar-refractivity contribution in [3.8, 4) is 0 Å². The maximum absolute atomic E-state index is 12.3. The number of rotatable bonds is 4. The van der Waals surface area contributed by atoms with Gasteiger partial charge in [0.05, 0.1) is 11.5 Å². The molecule has 2 aliphatic heterocycles. The van der Waals surface area contributed by atoms with Gasteiger partial charge in [-0.15, -0.1) is 0 Å². The van der Waals surface area contributed by atoms with Gasteiger partial charge in [-0.2, -0.15) is 0 Å². The molecule has 5 heteroatoms. The van der Waals surface area contributed by atoms with Crippen LogP contribution in [0.1, 0.15) is 73.1 Å². The molecule has 2 bridgehead atoms. The van der Waals surface area contributed by atoms with Gasteiger partial charge in [-0.3, -0.25) is 4.79 Å². The first-order valence-electron chi connectivity index (χ1n) is 10.6. The zero-order chi connectivity index (χ0) is 19.7. The molecule has 0 aromatic heterocycles. The Kier molecular flexibility index (Phi) is 4.34. The minimum absolute atomic E-state index is 0.00167. The topological polar surface area (TPSA) is 65.0 Å². The Morgan fingerprint density at radius 1 is 1.26 bits per heavy atom. The molecule has 1 saturated heterocycles. The van der Waals surface area contributed by atoms with Crippen LogP contribution in [-0.2, 0) is 19.3 Å². The third-order valence-corrected chi connectivity index (χ3v) is 8.56. The maximum Gasteiger partial charge on any atom is 0.309 e. The van der Waals surface area contributed by atoms with Gasteiger partial charge >= 0.3 is 5.97 Å². The molecule has 5 rings (SSSR count). The van der Waals surface area contributed by atoms with Gasteiger partial charge in [-0.25, -0.2) is 9.78 Å². The first-order valence-corrected chi connectivity index (χ1v) is 10.6. The maximum atomic E-state index is 12.3. The summed E-state index contributed by atoms with van der Waals surface area (Å²) in [5.74, 6) is -0.383. The third-order valence-electron chi connectivity index (χ3n) is 8.56. The number of aliphatic carboxylic acids is 1. The van der Waals surface area contributed by atoms with Gasteiger partial charge in [-0.1, -0.05) is 27.2 Å². The van der Waals surface area contributed by atoms with E-state index in [0.29, 0.717) is 18.9 Å². The van der Waals surface area contributed by atoms with Crippen molar-refractivity contribution in [2.45, 2.75) is 90.4 Å². The average molecular weight is 379 g/mol. The molecule has 6 atom stereocenters. The molecule has 1 N–H and O–H groups in total. The van der Waals surface area contributed by atoms with Gasteiger partial charge in [0.2, 0.25) is 0 Å². The van der Waals surface area contributed by atoms with E-state index in [1.165, 1.54) is 5.57 Å². The van der Waals surface area contributed by atoms with Crippen molar-refractivity contribution in [2.75, 3.05) is 6.61 Å². The molecule has 3 fully saturated rings. The van der Waals surface area contributed by atoms with Gasteiger partial charge in [0, 0.05) is 12.0 Å². The molecular weight excluding hydrogens is 344 g/mol. The van der Waals surface area contributed by atoms with E-state index in [1.54, 1.807) is 0 Å². The van der Waals surface area contributed by atoms with Crippen LogP contribution < -0.4 is 0 Å². The van der Waals surface area contributed by atoms with Crippen molar-refractivity contribution < 1.29 is 24.4 Å². The summed E-state index contributed by atoms with van der Waals surface area (Å²) in [4.78, 5) is 24.7. The first kappa shape index (κ1) is 19.4. The molecule has 3 aliphatic carbocycles. The molecule has 152 valence electrons. The summed E-state index contributed by atoms with van der Waals surface area (Å²) in [6, 6.07) is 0. The van der Waals surface area contributed by atoms with Crippen LogP contribution in [0, 0.1) is 22.7 Å². The number of hydrogen-bond acceptors (Lipinski definition) is 4. The van der Waals surface area contributed by atoms with E-state index in [1.807, 2.05) is 13.8 Å². The Hall–Kier alpha value is -0.910. The van der Waals surface area contributed by atoms with Crippen LogP contribution in [0.15, 0.2) is 11.6 Å². The second-order valence-corrected chi connectivity index (χ2v) is 9.93. The van der Waals surface area contributed by atoms with Crippen LogP contribution in [0.4, 0.5) is 0 Å². The van der Waals surface area contributed by atoms with E-state index in [4.69, 9.17) is 14.5 Å². The monoisotopic (exact) mass is 378 g/mol. The Labute approximate surface area is 162 Å². The summed E-state index contributed by atoms with van der Waals surface area (Å²) in [6.07, 6.45) is 7.33. The summed E-state index contributed by atoms with van der Waals surface area (Å²) in [6.45, 7) is 11.1. The molecule has 1 spiro atoms. The van der Waals surface area contributed by atoms with Crippen molar-refractivity contribution in [2.24, 2.45) is 22.7 Å². The Morgan fingerprint density at radius 3 is 2.56 bits per heavy atom. The number of hydrogen-bond donors (Lipinski definition) is 1. The van der Waals surface area contributed by atoms with Crippen molar-refractivity contribution in [3.63, 3.8) is 0 Å². The molecule has 0 aromatic rings. The van der Waals surface area contributed by atoms with E-state index < -0.39 is 17.0 Å². The molecule has 5 nitrogen and oxygen atoms in total. The second-order valence-electron chi connectivity index (χ2n) is 9.93. The van der Waals surface area contributed by atoms with E-state index >= 15 is 0 Å². The normalized spacial score (nSPS) is 48.7. The van der Waals surface area contributed by atoms with E-state index in [9.17, 15) is 9.90 Å². The highest BCUT2D eigenvalue weighted by molar-refractivity contribution is 5.75. The molecule has 0 aromatic carbocycles. The van der Waals surface area contributed by atoms with Crippen LogP contribution >= 0.6 is 0 Å². The summed E-state index contributed by atoms with van der Waals surface area (Å²) in [5, 5.41) is 10.1. The van der Waals surface area contributed by atoms with Crippen LogP contribution in [0.2, 0.25) is 0 Å². The number of carboxylic acid groups (broad SMARTS) is 1. The first-order chi connectivity index (χ1) is 12.7. The summed E-state index contributed by atoms with van der Waals surface area (Å²) >= 11 is 0. The molecule has 0 unspecified atom stereocenters. The quantitative estimate of drug-likeness (QED) is 0.576. The summed E-state index contributed by atoms with van der Waals surface area (Å²) in [5.41, 5.74) is -0.759. The fourth-order valence-corrected chi connectivity index (χ4v) is 6.72. The van der Waals surface area contributed by atoms with Crippen LogP contribution in [0.3, 0.4) is 0 Å². The largest absolute Gasteiger partial charge is 0.481 e. The molecule has 2 saturated carbocycles. The number of fused-ring (bicyclic) bond motifs is 3. The number of carboxylic acids is 1. The molecule has 2 heterocycles. The lowest BCUT2D eigenvalue weighted by Gasteiger charge is -2.67. The molecule has 27 heavy (non-hydrogen) atoms. The Balaban J connectivity index is 1.87. The van der Waals surface area contributed by atoms with Gasteiger partial charge in [0.15, 0.2) is 0 Å². The highest BCUT2D eigenvalue weighted by Gasteiger charge is 2.71. The lowest BCUT2D eigenvalue weighted by atomic mass is 9.42. The van der Waals surface area contributed by atoms with Crippen molar-refractivity contribution in [1.82, 2.24) is 0 Å².